The third kappa shape index (κ3) is 6.70. The summed E-state index contributed by atoms with van der Waals surface area (Å²) in [4.78, 5) is 13.1. The van der Waals surface area contributed by atoms with Crippen molar-refractivity contribution in [3.8, 4) is 22.9 Å². The average Bonchev–Trinajstić information content (AvgIpc) is 3.36. The van der Waals surface area contributed by atoms with Crippen LogP contribution in [0.3, 0.4) is 0 Å². The molecule has 0 fully saturated rings. The van der Waals surface area contributed by atoms with Crippen molar-refractivity contribution in [3.05, 3.63) is 87.7 Å². The number of nitrogens with zero attached hydrogens (tertiary/aromatic N) is 3. The molecular weight excluding hydrogens is 613 g/mol. The Morgan fingerprint density at radius 2 is 1.65 bits per heavy atom. The van der Waals surface area contributed by atoms with Crippen molar-refractivity contribution in [2.75, 3.05) is 21.3 Å². The molecule has 1 heterocycles. The minimum absolute atomic E-state index is 0.0165. The summed E-state index contributed by atoms with van der Waals surface area (Å²) < 4.78 is 58.1. The highest BCUT2D eigenvalue weighted by molar-refractivity contribution is 9.10. The van der Waals surface area contributed by atoms with Gasteiger partial charge in [0.1, 0.15) is 0 Å². The summed E-state index contributed by atoms with van der Waals surface area (Å²) in [5.74, 6) is 1.27. The van der Waals surface area contributed by atoms with Gasteiger partial charge in [-0.2, -0.15) is 13.2 Å². The Labute approximate surface area is 241 Å². The smallest absolute Gasteiger partial charge is 0.416 e. The lowest BCUT2D eigenvalue weighted by Crippen LogP contribution is -2.24. The fourth-order valence-corrected chi connectivity index (χ4v) is 4.99. The summed E-state index contributed by atoms with van der Waals surface area (Å²) in [6.07, 6.45) is -4.43. The standard InChI is InChI=1S/C27H24BrF3N4O4S/c1-37-21-12-17(13-22(38-2)24(21)39-3)25(36)32-14-23-33-34-26(35(23)20-9-7-19(28)8-10-20)40-15-16-5-4-6-18(11-16)27(29,30)31/h4-13H,14-15H2,1-3H3,(H,32,36). The molecule has 0 aliphatic heterocycles. The first kappa shape index (κ1) is 29.3. The molecule has 0 atom stereocenters. The van der Waals surface area contributed by atoms with E-state index >= 15 is 0 Å². The monoisotopic (exact) mass is 636 g/mol. The Balaban J connectivity index is 1.58. The molecule has 0 saturated heterocycles. The molecule has 0 spiro atoms. The summed E-state index contributed by atoms with van der Waals surface area (Å²) in [6, 6.07) is 15.6. The molecule has 0 radical (unpaired) electrons. The fourth-order valence-electron chi connectivity index (χ4n) is 3.82. The molecule has 210 valence electrons. The van der Waals surface area contributed by atoms with E-state index in [2.05, 4.69) is 31.4 Å². The van der Waals surface area contributed by atoms with E-state index in [1.807, 2.05) is 24.3 Å². The van der Waals surface area contributed by atoms with Crippen molar-refractivity contribution in [2.45, 2.75) is 23.6 Å². The third-order valence-electron chi connectivity index (χ3n) is 5.74. The molecule has 0 saturated carbocycles. The second kappa shape index (κ2) is 12.6. The number of ether oxygens (including phenoxy) is 3. The maximum absolute atomic E-state index is 13.2. The van der Waals surface area contributed by atoms with Crippen LogP contribution in [0.1, 0.15) is 27.3 Å². The lowest BCUT2D eigenvalue weighted by Gasteiger charge is -2.14. The number of alkyl halides is 3. The number of amides is 1. The fraction of sp³-hybridized carbons (Fsp3) is 0.222. The molecule has 0 bridgehead atoms. The molecule has 8 nitrogen and oxygen atoms in total. The van der Waals surface area contributed by atoms with E-state index in [0.717, 1.165) is 22.3 Å². The number of nitrogens with one attached hydrogen (secondary N) is 1. The average molecular weight is 637 g/mol. The largest absolute Gasteiger partial charge is 0.493 e. The number of rotatable bonds is 10. The van der Waals surface area contributed by atoms with Gasteiger partial charge in [0.05, 0.1) is 33.4 Å². The van der Waals surface area contributed by atoms with Crippen molar-refractivity contribution in [3.63, 3.8) is 0 Å². The van der Waals surface area contributed by atoms with E-state index in [0.29, 0.717) is 33.8 Å². The number of methoxy groups -OCH3 is 3. The van der Waals surface area contributed by atoms with Gasteiger partial charge in [0.15, 0.2) is 22.5 Å². The molecule has 1 amide bonds. The van der Waals surface area contributed by atoms with Crippen molar-refractivity contribution < 1.29 is 32.2 Å². The summed E-state index contributed by atoms with van der Waals surface area (Å²) in [5.41, 5.74) is 0.776. The Kier molecular flexibility index (Phi) is 9.25. The molecule has 4 aromatic rings. The van der Waals surface area contributed by atoms with Crippen LogP contribution in [0.4, 0.5) is 13.2 Å². The first-order valence-corrected chi connectivity index (χ1v) is 13.5. The van der Waals surface area contributed by atoms with Gasteiger partial charge in [-0.05, 0) is 48.0 Å². The Morgan fingerprint density at radius 1 is 0.975 bits per heavy atom. The number of benzene rings is 3. The van der Waals surface area contributed by atoms with Crippen LogP contribution in [0.25, 0.3) is 5.69 Å². The van der Waals surface area contributed by atoms with Gasteiger partial charge in [-0.25, -0.2) is 0 Å². The highest BCUT2D eigenvalue weighted by Gasteiger charge is 2.30. The second-order valence-corrected chi connectivity index (χ2v) is 10.2. The van der Waals surface area contributed by atoms with Crippen LogP contribution in [0.15, 0.2) is 70.3 Å². The molecule has 0 unspecified atom stereocenters. The number of halogens is 4. The summed E-state index contributed by atoms with van der Waals surface area (Å²) >= 11 is 4.65. The zero-order chi connectivity index (χ0) is 28.9. The van der Waals surface area contributed by atoms with Crippen LogP contribution in [0.2, 0.25) is 0 Å². The van der Waals surface area contributed by atoms with Gasteiger partial charge < -0.3 is 19.5 Å². The van der Waals surface area contributed by atoms with Crippen LogP contribution in [0, 0.1) is 0 Å². The van der Waals surface area contributed by atoms with Crippen molar-refractivity contribution in [1.82, 2.24) is 20.1 Å². The normalized spacial score (nSPS) is 11.3. The van der Waals surface area contributed by atoms with Gasteiger partial charge >= 0.3 is 6.18 Å². The predicted molar refractivity (Wildman–Crippen MR) is 147 cm³/mol. The number of carbonyl (C=O) groups is 1. The summed E-state index contributed by atoms with van der Waals surface area (Å²) in [7, 11) is 4.38. The lowest BCUT2D eigenvalue weighted by atomic mass is 10.1. The minimum atomic E-state index is -4.43. The first-order chi connectivity index (χ1) is 19.1. The second-order valence-electron chi connectivity index (χ2n) is 8.29. The quantitative estimate of drug-likeness (QED) is 0.205. The molecule has 4 rings (SSSR count). The van der Waals surface area contributed by atoms with Gasteiger partial charge in [0, 0.05) is 21.5 Å². The van der Waals surface area contributed by atoms with E-state index in [1.54, 1.807) is 10.6 Å². The van der Waals surface area contributed by atoms with E-state index < -0.39 is 17.6 Å². The topological polar surface area (TPSA) is 87.5 Å². The number of aromatic nitrogens is 3. The van der Waals surface area contributed by atoms with Gasteiger partial charge in [-0.3, -0.25) is 9.36 Å². The molecule has 3 aromatic carbocycles. The van der Waals surface area contributed by atoms with Crippen LogP contribution >= 0.6 is 27.7 Å². The number of hydrogen-bond acceptors (Lipinski definition) is 7. The summed E-state index contributed by atoms with van der Waals surface area (Å²) in [5, 5.41) is 11.8. The molecule has 40 heavy (non-hydrogen) atoms. The number of hydrogen-bond donors (Lipinski definition) is 1. The van der Waals surface area contributed by atoms with Crippen molar-refractivity contribution in [2.24, 2.45) is 0 Å². The van der Waals surface area contributed by atoms with Crippen molar-refractivity contribution in [1.29, 1.82) is 0 Å². The number of thioether (sulfide) groups is 1. The molecule has 13 heteroatoms. The van der Waals surface area contributed by atoms with E-state index in [4.69, 9.17) is 14.2 Å². The first-order valence-electron chi connectivity index (χ1n) is 11.7. The molecule has 0 aliphatic carbocycles. The lowest BCUT2D eigenvalue weighted by molar-refractivity contribution is -0.137. The highest BCUT2D eigenvalue weighted by atomic mass is 79.9. The van der Waals surface area contributed by atoms with E-state index in [-0.39, 0.29) is 17.9 Å². The Bertz CT molecular complexity index is 1470. The maximum Gasteiger partial charge on any atom is 0.416 e. The SMILES string of the molecule is COc1cc(C(=O)NCc2nnc(SCc3cccc(C(F)(F)F)c3)n2-c2ccc(Br)cc2)cc(OC)c1OC. The van der Waals surface area contributed by atoms with Crippen LogP contribution < -0.4 is 19.5 Å². The summed E-state index contributed by atoms with van der Waals surface area (Å²) in [6.45, 7) is 0.0165. The predicted octanol–water partition coefficient (Wildman–Crippen LogP) is 6.30. The highest BCUT2D eigenvalue weighted by Crippen LogP contribution is 2.38. The molecule has 1 aromatic heterocycles. The van der Waals surface area contributed by atoms with Gasteiger partial charge in [0.2, 0.25) is 5.75 Å². The van der Waals surface area contributed by atoms with Crippen LogP contribution in [-0.2, 0) is 18.5 Å². The molecule has 0 aliphatic rings. The van der Waals surface area contributed by atoms with E-state index in [9.17, 15) is 18.0 Å². The zero-order valence-corrected chi connectivity index (χ0v) is 24.0. The maximum atomic E-state index is 13.2. The van der Waals surface area contributed by atoms with Gasteiger partial charge in [-0.1, -0.05) is 45.9 Å². The van der Waals surface area contributed by atoms with Gasteiger partial charge in [-0.15, -0.1) is 10.2 Å². The molecule has 1 N–H and O–H groups in total. The Morgan fingerprint density at radius 3 is 2.25 bits per heavy atom. The van der Waals surface area contributed by atoms with Crippen molar-refractivity contribution >= 4 is 33.6 Å². The third-order valence-corrected chi connectivity index (χ3v) is 7.27. The van der Waals surface area contributed by atoms with E-state index in [1.165, 1.54) is 51.3 Å². The van der Waals surface area contributed by atoms with Gasteiger partial charge in [0.25, 0.3) is 5.91 Å². The zero-order valence-electron chi connectivity index (χ0n) is 21.6. The Hall–Kier alpha value is -3.71. The minimum Gasteiger partial charge on any atom is -0.493 e. The van der Waals surface area contributed by atoms with Crippen LogP contribution in [-0.4, -0.2) is 42.0 Å². The number of carbonyl (C=O) groups excluding carboxylic acids is 1. The molecular formula is C27H24BrF3N4O4S. The van der Waals surface area contributed by atoms with Crippen LogP contribution in [0.5, 0.6) is 17.2 Å².